The number of hydrogen-bond acceptors (Lipinski definition) is 3. The summed E-state index contributed by atoms with van der Waals surface area (Å²) in [6.07, 6.45) is 0. The van der Waals surface area contributed by atoms with Crippen molar-refractivity contribution in [1.82, 2.24) is 5.32 Å². The zero-order valence-corrected chi connectivity index (χ0v) is 11.6. The van der Waals surface area contributed by atoms with E-state index >= 15 is 0 Å². The SMILES string of the molecule is N#CCNC(=O)C(=O)Nc1cc(Br)ccc1Br. The number of hydrogen-bond donors (Lipinski definition) is 2. The zero-order chi connectivity index (χ0) is 12.8. The third-order valence-electron chi connectivity index (χ3n) is 1.71. The molecule has 0 saturated heterocycles. The van der Waals surface area contributed by atoms with Crippen LogP contribution in [0.15, 0.2) is 27.1 Å². The van der Waals surface area contributed by atoms with Crippen molar-refractivity contribution in [3.63, 3.8) is 0 Å². The number of amides is 2. The predicted octanol–water partition coefficient (Wildman–Crippen LogP) is 1.79. The lowest BCUT2D eigenvalue weighted by Crippen LogP contribution is -2.35. The highest BCUT2D eigenvalue weighted by atomic mass is 79.9. The molecule has 0 spiro atoms. The fourth-order valence-electron chi connectivity index (χ4n) is 0.972. The van der Waals surface area contributed by atoms with Crippen LogP contribution in [-0.2, 0) is 9.59 Å². The monoisotopic (exact) mass is 359 g/mol. The third kappa shape index (κ3) is 4.17. The van der Waals surface area contributed by atoms with E-state index in [1.54, 1.807) is 24.3 Å². The maximum absolute atomic E-state index is 11.4. The minimum absolute atomic E-state index is 0.202. The Kier molecular flexibility index (Phi) is 5.12. The molecule has 5 nitrogen and oxygen atoms in total. The fraction of sp³-hybridized carbons (Fsp3) is 0.100. The van der Waals surface area contributed by atoms with E-state index in [0.29, 0.717) is 10.2 Å². The second kappa shape index (κ2) is 6.37. The van der Waals surface area contributed by atoms with Gasteiger partial charge in [0.1, 0.15) is 6.54 Å². The molecular weight excluding hydrogens is 354 g/mol. The summed E-state index contributed by atoms with van der Waals surface area (Å²) in [5.41, 5.74) is 0.469. The fourth-order valence-corrected chi connectivity index (χ4v) is 1.68. The third-order valence-corrected chi connectivity index (χ3v) is 2.90. The van der Waals surface area contributed by atoms with Crippen LogP contribution in [-0.4, -0.2) is 18.4 Å². The second-order valence-corrected chi connectivity index (χ2v) is 4.69. The van der Waals surface area contributed by atoms with E-state index in [9.17, 15) is 9.59 Å². The van der Waals surface area contributed by atoms with Gasteiger partial charge in [0.05, 0.1) is 11.8 Å². The highest BCUT2D eigenvalue weighted by Gasteiger charge is 2.14. The predicted molar refractivity (Wildman–Crippen MR) is 69.1 cm³/mol. The summed E-state index contributed by atoms with van der Waals surface area (Å²) in [4.78, 5) is 22.6. The van der Waals surface area contributed by atoms with Crippen molar-refractivity contribution in [1.29, 1.82) is 5.26 Å². The minimum atomic E-state index is -0.849. The number of carbonyl (C=O) groups is 2. The molecule has 0 saturated carbocycles. The van der Waals surface area contributed by atoms with Gasteiger partial charge in [-0.2, -0.15) is 5.26 Å². The normalized spacial score (nSPS) is 9.24. The average Bonchev–Trinajstić information content (AvgIpc) is 2.30. The molecule has 0 unspecified atom stereocenters. The van der Waals surface area contributed by atoms with Crippen molar-refractivity contribution in [2.75, 3.05) is 11.9 Å². The minimum Gasteiger partial charge on any atom is -0.335 e. The standard InChI is InChI=1S/C10H7Br2N3O2/c11-6-1-2-7(12)8(5-6)15-10(17)9(16)14-4-3-13/h1-2,5H,4H2,(H,14,16)(H,15,17). The molecule has 0 bridgehead atoms. The van der Waals surface area contributed by atoms with E-state index in [1.165, 1.54) is 0 Å². The summed E-state index contributed by atoms with van der Waals surface area (Å²) in [6.45, 7) is -0.202. The summed E-state index contributed by atoms with van der Waals surface area (Å²) in [5.74, 6) is -1.67. The number of anilines is 1. The van der Waals surface area contributed by atoms with Crippen molar-refractivity contribution in [3.8, 4) is 6.07 Å². The van der Waals surface area contributed by atoms with Crippen molar-refractivity contribution >= 4 is 49.4 Å². The van der Waals surface area contributed by atoms with Gasteiger partial charge in [0.2, 0.25) is 0 Å². The second-order valence-electron chi connectivity index (χ2n) is 2.92. The van der Waals surface area contributed by atoms with Crippen LogP contribution >= 0.6 is 31.9 Å². The molecule has 0 fully saturated rings. The first-order valence-electron chi connectivity index (χ1n) is 4.45. The van der Waals surface area contributed by atoms with Crippen molar-refractivity contribution < 1.29 is 9.59 Å². The molecule has 0 aromatic heterocycles. The molecule has 0 aliphatic carbocycles. The van der Waals surface area contributed by atoms with E-state index in [2.05, 4.69) is 42.5 Å². The Morgan fingerprint density at radius 1 is 1.29 bits per heavy atom. The quantitative estimate of drug-likeness (QED) is 0.623. The van der Waals surface area contributed by atoms with Crippen LogP contribution in [0.1, 0.15) is 0 Å². The van der Waals surface area contributed by atoms with E-state index in [-0.39, 0.29) is 6.54 Å². The summed E-state index contributed by atoms with van der Waals surface area (Å²) in [6, 6.07) is 6.88. The number of halogens is 2. The van der Waals surface area contributed by atoms with Gasteiger partial charge in [0.15, 0.2) is 0 Å². The molecule has 17 heavy (non-hydrogen) atoms. The van der Waals surface area contributed by atoms with Crippen LogP contribution in [0.3, 0.4) is 0 Å². The summed E-state index contributed by atoms with van der Waals surface area (Å²) in [5, 5.41) is 12.8. The van der Waals surface area contributed by atoms with Crippen molar-refractivity contribution in [2.45, 2.75) is 0 Å². The lowest BCUT2D eigenvalue weighted by Gasteiger charge is -2.07. The molecule has 1 aromatic carbocycles. The molecule has 1 rings (SSSR count). The Morgan fingerprint density at radius 3 is 2.65 bits per heavy atom. The maximum Gasteiger partial charge on any atom is 0.313 e. The first-order valence-corrected chi connectivity index (χ1v) is 6.04. The molecule has 88 valence electrons. The van der Waals surface area contributed by atoms with Gasteiger partial charge in [0, 0.05) is 8.95 Å². The number of nitrogens with one attached hydrogen (secondary N) is 2. The average molecular weight is 361 g/mol. The highest BCUT2D eigenvalue weighted by molar-refractivity contribution is 9.11. The van der Waals surface area contributed by atoms with Gasteiger partial charge >= 0.3 is 11.8 Å². The molecule has 0 atom stereocenters. The Morgan fingerprint density at radius 2 is 2.00 bits per heavy atom. The first-order chi connectivity index (χ1) is 8.04. The van der Waals surface area contributed by atoms with Gasteiger partial charge in [-0.1, -0.05) is 15.9 Å². The first kappa shape index (κ1) is 13.7. The molecular formula is C10H7Br2N3O2. The van der Waals surface area contributed by atoms with Gasteiger partial charge < -0.3 is 10.6 Å². The summed E-state index contributed by atoms with van der Waals surface area (Å²) >= 11 is 6.49. The Labute approximate surface area is 114 Å². The summed E-state index contributed by atoms with van der Waals surface area (Å²) < 4.78 is 1.43. The Balaban J connectivity index is 2.71. The molecule has 0 aliphatic heterocycles. The van der Waals surface area contributed by atoms with E-state index in [1.807, 2.05) is 0 Å². The molecule has 0 radical (unpaired) electrons. The van der Waals surface area contributed by atoms with Crippen LogP contribution in [0.25, 0.3) is 0 Å². The van der Waals surface area contributed by atoms with Crippen molar-refractivity contribution in [3.05, 3.63) is 27.1 Å². The molecule has 2 N–H and O–H groups in total. The van der Waals surface area contributed by atoms with Crippen LogP contribution in [0, 0.1) is 11.3 Å². The molecule has 0 aliphatic rings. The van der Waals surface area contributed by atoms with Crippen LogP contribution < -0.4 is 10.6 Å². The van der Waals surface area contributed by atoms with Gasteiger partial charge in [-0.3, -0.25) is 9.59 Å². The topological polar surface area (TPSA) is 82.0 Å². The smallest absolute Gasteiger partial charge is 0.313 e. The Bertz CT molecular complexity index is 497. The van der Waals surface area contributed by atoms with Gasteiger partial charge in [-0.25, -0.2) is 0 Å². The van der Waals surface area contributed by atoms with E-state index in [4.69, 9.17) is 5.26 Å². The lowest BCUT2D eigenvalue weighted by atomic mass is 10.3. The number of benzene rings is 1. The van der Waals surface area contributed by atoms with E-state index in [0.717, 1.165) is 4.47 Å². The number of nitrogens with zero attached hydrogens (tertiary/aromatic N) is 1. The summed E-state index contributed by atoms with van der Waals surface area (Å²) in [7, 11) is 0. The van der Waals surface area contributed by atoms with Gasteiger partial charge in [0.25, 0.3) is 0 Å². The molecule has 2 amide bonds. The maximum atomic E-state index is 11.4. The largest absolute Gasteiger partial charge is 0.335 e. The lowest BCUT2D eigenvalue weighted by molar-refractivity contribution is -0.136. The Hall–Kier alpha value is -1.39. The van der Waals surface area contributed by atoms with Crippen LogP contribution in [0.5, 0.6) is 0 Å². The zero-order valence-electron chi connectivity index (χ0n) is 8.46. The number of carbonyl (C=O) groups excluding carboxylic acids is 2. The highest BCUT2D eigenvalue weighted by Crippen LogP contribution is 2.25. The molecule has 1 aromatic rings. The molecule has 0 heterocycles. The number of rotatable bonds is 2. The van der Waals surface area contributed by atoms with Crippen LogP contribution in [0.2, 0.25) is 0 Å². The van der Waals surface area contributed by atoms with Crippen molar-refractivity contribution in [2.24, 2.45) is 0 Å². The van der Waals surface area contributed by atoms with Crippen LogP contribution in [0.4, 0.5) is 5.69 Å². The number of nitriles is 1. The molecule has 7 heteroatoms. The van der Waals surface area contributed by atoms with Gasteiger partial charge in [-0.15, -0.1) is 0 Å². The van der Waals surface area contributed by atoms with E-state index < -0.39 is 11.8 Å². The van der Waals surface area contributed by atoms with Gasteiger partial charge in [-0.05, 0) is 34.1 Å².